The molecule has 0 radical (unpaired) electrons. The van der Waals surface area contributed by atoms with Crippen molar-refractivity contribution in [1.82, 2.24) is 4.31 Å². The number of nitrogens with zero attached hydrogens (tertiary/aromatic N) is 1. The van der Waals surface area contributed by atoms with E-state index in [2.05, 4.69) is 0 Å². The lowest BCUT2D eigenvalue weighted by atomic mass is 9.92. The molecule has 132 valence electrons. The van der Waals surface area contributed by atoms with Crippen LogP contribution in [0.3, 0.4) is 0 Å². The predicted molar refractivity (Wildman–Crippen MR) is 100 cm³/mol. The van der Waals surface area contributed by atoms with E-state index in [1.165, 1.54) is 17.5 Å². The van der Waals surface area contributed by atoms with Gasteiger partial charge in [-0.1, -0.05) is 29.8 Å². The molecule has 0 amide bonds. The highest BCUT2D eigenvalue weighted by molar-refractivity contribution is 7.89. The highest BCUT2D eigenvalue weighted by Gasteiger charge is 2.36. The number of rotatable bonds is 3. The van der Waals surface area contributed by atoms with Crippen molar-refractivity contribution in [2.75, 3.05) is 6.54 Å². The van der Waals surface area contributed by atoms with Crippen LogP contribution in [0.25, 0.3) is 0 Å². The van der Waals surface area contributed by atoms with E-state index < -0.39 is 10.0 Å². The third kappa shape index (κ3) is 3.23. The SMILES string of the molecule is O=S(=O)(c1ccc2c(c1)CCCC2)N1CCC[C@@H]1c1ccc(Cl)cc1. The Labute approximate surface area is 154 Å². The molecule has 0 spiro atoms. The molecule has 2 aliphatic rings. The second-order valence-electron chi connectivity index (χ2n) is 6.96. The molecule has 2 aromatic carbocycles. The van der Waals surface area contributed by atoms with E-state index in [4.69, 9.17) is 11.6 Å². The van der Waals surface area contributed by atoms with Gasteiger partial charge in [-0.15, -0.1) is 0 Å². The van der Waals surface area contributed by atoms with Gasteiger partial charge >= 0.3 is 0 Å². The van der Waals surface area contributed by atoms with Gasteiger partial charge in [0.25, 0.3) is 0 Å². The first-order chi connectivity index (χ1) is 12.1. The molecule has 0 unspecified atom stereocenters. The molecule has 0 saturated carbocycles. The van der Waals surface area contributed by atoms with Crippen molar-refractivity contribution >= 4 is 21.6 Å². The van der Waals surface area contributed by atoms with E-state index in [1.807, 2.05) is 36.4 Å². The first-order valence-corrected chi connectivity index (χ1v) is 10.8. The molecule has 1 heterocycles. The van der Waals surface area contributed by atoms with Crippen LogP contribution in [-0.2, 0) is 22.9 Å². The summed E-state index contributed by atoms with van der Waals surface area (Å²) in [5, 5.41) is 0.672. The summed E-state index contributed by atoms with van der Waals surface area (Å²) in [5.41, 5.74) is 3.53. The summed E-state index contributed by atoms with van der Waals surface area (Å²) in [6.45, 7) is 0.576. The molecule has 0 bridgehead atoms. The zero-order valence-corrected chi connectivity index (χ0v) is 15.7. The number of halogens is 1. The smallest absolute Gasteiger partial charge is 0.207 e. The van der Waals surface area contributed by atoms with Crippen LogP contribution in [0.15, 0.2) is 47.4 Å². The van der Waals surface area contributed by atoms with E-state index in [0.29, 0.717) is 16.5 Å². The Balaban J connectivity index is 1.68. The second kappa shape index (κ2) is 6.75. The lowest BCUT2D eigenvalue weighted by molar-refractivity contribution is 0.396. The third-order valence-electron chi connectivity index (χ3n) is 5.39. The molecule has 0 aromatic heterocycles. The van der Waals surface area contributed by atoms with Crippen LogP contribution in [0.1, 0.15) is 48.4 Å². The van der Waals surface area contributed by atoms with Crippen molar-refractivity contribution in [2.45, 2.75) is 49.5 Å². The van der Waals surface area contributed by atoms with Crippen molar-refractivity contribution < 1.29 is 8.42 Å². The number of fused-ring (bicyclic) bond motifs is 1. The Morgan fingerprint density at radius 2 is 1.64 bits per heavy atom. The van der Waals surface area contributed by atoms with Crippen molar-refractivity contribution in [3.63, 3.8) is 0 Å². The van der Waals surface area contributed by atoms with Crippen LogP contribution in [-0.4, -0.2) is 19.3 Å². The number of benzene rings is 2. The van der Waals surface area contributed by atoms with Crippen LogP contribution in [0.2, 0.25) is 5.02 Å². The van der Waals surface area contributed by atoms with Crippen molar-refractivity contribution in [2.24, 2.45) is 0 Å². The molecule has 3 nitrogen and oxygen atoms in total. The molecule has 1 atom stereocenters. The molecule has 5 heteroatoms. The first kappa shape index (κ1) is 17.1. The fraction of sp³-hybridized carbons (Fsp3) is 0.400. The van der Waals surface area contributed by atoms with Crippen molar-refractivity contribution in [1.29, 1.82) is 0 Å². The van der Waals surface area contributed by atoms with Gasteiger partial charge in [0.15, 0.2) is 0 Å². The summed E-state index contributed by atoms with van der Waals surface area (Å²) in [6, 6.07) is 13.1. The average Bonchev–Trinajstić information content (AvgIpc) is 3.12. The topological polar surface area (TPSA) is 37.4 Å². The molecule has 25 heavy (non-hydrogen) atoms. The second-order valence-corrected chi connectivity index (χ2v) is 9.29. The molecular weight excluding hydrogens is 354 g/mol. The maximum absolute atomic E-state index is 13.3. The molecule has 1 aliphatic carbocycles. The van der Waals surface area contributed by atoms with Crippen LogP contribution < -0.4 is 0 Å². The van der Waals surface area contributed by atoms with E-state index in [9.17, 15) is 8.42 Å². The Hall–Kier alpha value is -1.36. The Morgan fingerprint density at radius 1 is 0.920 bits per heavy atom. The largest absolute Gasteiger partial charge is 0.243 e. The molecule has 1 saturated heterocycles. The molecular formula is C20H22ClNO2S. The molecule has 0 N–H and O–H groups in total. The summed E-state index contributed by atoms with van der Waals surface area (Å²) in [4.78, 5) is 0.439. The van der Waals surface area contributed by atoms with Crippen molar-refractivity contribution in [3.05, 3.63) is 64.2 Å². The number of aryl methyl sites for hydroxylation is 2. The van der Waals surface area contributed by atoms with E-state index in [0.717, 1.165) is 37.7 Å². The number of hydrogen-bond donors (Lipinski definition) is 0. The van der Waals surface area contributed by atoms with Gasteiger partial charge in [-0.05, 0) is 79.5 Å². The predicted octanol–water partition coefficient (Wildman–Crippen LogP) is 4.74. The molecule has 2 aromatic rings. The summed E-state index contributed by atoms with van der Waals surface area (Å²) in [5.74, 6) is 0. The van der Waals surface area contributed by atoms with Gasteiger partial charge in [-0.3, -0.25) is 0 Å². The zero-order valence-electron chi connectivity index (χ0n) is 14.1. The van der Waals surface area contributed by atoms with Gasteiger partial charge in [0, 0.05) is 11.6 Å². The van der Waals surface area contributed by atoms with Gasteiger partial charge in [0.05, 0.1) is 10.9 Å². The van der Waals surface area contributed by atoms with Crippen molar-refractivity contribution in [3.8, 4) is 0 Å². The maximum atomic E-state index is 13.3. The first-order valence-electron chi connectivity index (χ1n) is 8.95. The highest BCUT2D eigenvalue weighted by Crippen LogP contribution is 2.37. The summed E-state index contributed by atoms with van der Waals surface area (Å²) in [7, 11) is -3.48. The fourth-order valence-electron chi connectivity index (χ4n) is 4.05. The van der Waals surface area contributed by atoms with Gasteiger partial charge < -0.3 is 0 Å². The Bertz CT molecular complexity index is 877. The van der Waals surface area contributed by atoms with E-state index in [-0.39, 0.29) is 6.04 Å². The molecule has 1 fully saturated rings. The van der Waals surface area contributed by atoms with Gasteiger partial charge in [0.2, 0.25) is 10.0 Å². The molecule has 1 aliphatic heterocycles. The van der Waals surface area contributed by atoms with Crippen LogP contribution in [0.5, 0.6) is 0 Å². The van der Waals surface area contributed by atoms with E-state index in [1.54, 1.807) is 10.4 Å². The minimum Gasteiger partial charge on any atom is -0.207 e. The highest BCUT2D eigenvalue weighted by atomic mass is 35.5. The van der Waals surface area contributed by atoms with Gasteiger partial charge in [-0.25, -0.2) is 8.42 Å². The average molecular weight is 376 g/mol. The minimum atomic E-state index is -3.48. The normalized spacial score (nSPS) is 21.2. The molecule has 4 rings (SSSR count). The minimum absolute atomic E-state index is 0.0988. The van der Waals surface area contributed by atoms with Gasteiger partial charge in [-0.2, -0.15) is 4.31 Å². The fourth-order valence-corrected chi connectivity index (χ4v) is 5.91. The quantitative estimate of drug-likeness (QED) is 0.776. The number of sulfonamides is 1. The van der Waals surface area contributed by atoms with Crippen LogP contribution in [0.4, 0.5) is 0 Å². The number of hydrogen-bond acceptors (Lipinski definition) is 2. The zero-order chi connectivity index (χ0) is 17.4. The van der Waals surface area contributed by atoms with Crippen LogP contribution >= 0.6 is 11.6 Å². The summed E-state index contributed by atoms with van der Waals surface area (Å²) >= 11 is 5.98. The summed E-state index contributed by atoms with van der Waals surface area (Å²) in [6.07, 6.45) is 6.13. The van der Waals surface area contributed by atoms with E-state index >= 15 is 0 Å². The maximum Gasteiger partial charge on any atom is 0.243 e. The summed E-state index contributed by atoms with van der Waals surface area (Å²) < 4.78 is 28.2. The standard InChI is InChI=1S/C20H22ClNO2S/c21-18-10-7-16(8-11-18)20-6-3-13-22(20)25(23,24)19-12-9-15-4-1-2-5-17(15)14-19/h7-12,14,20H,1-6,13H2/t20-/m1/s1. The lowest BCUT2D eigenvalue weighted by Gasteiger charge is -2.25. The Kier molecular flexibility index (Phi) is 4.61. The van der Waals surface area contributed by atoms with Gasteiger partial charge in [0.1, 0.15) is 0 Å². The lowest BCUT2D eigenvalue weighted by Crippen LogP contribution is -2.30. The third-order valence-corrected chi connectivity index (χ3v) is 7.54. The Morgan fingerprint density at radius 3 is 2.40 bits per heavy atom. The van der Waals surface area contributed by atoms with Crippen LogP contribution in [0, 0.1) is 0 Å². The monoisotopic (exact) mass is 375 g/mol.